The summed E-state index contributed by atoms with van der Waals surface area (Å²) in [5.41, 5.74) is 4.29. The Morgan fingerprint density at radius 3 is 2.32 bits per heavy atom. The first kappa shape index (κ1) is 27.8. The van der Waals surface area contributed by atoms with Crippen LogP contribution in [0.1, 0.15) is 71.8 Å². The van der Waals surface area contributed by atoms with E-state index in [1.807, 2.05) is 30.3 Å². The van der Waals surface area contributed by atoms with Crippen molar-refractivity contribution in [3.05, 3.63) is 35.9 Å². The molecule has 1 aromatic rings. The summed E-state index contributed by atoms with van der Waals surface area (Å²) in [5.74, 6) is -0.367. The number of ether oxygens (including phenoxy) is 1. The van der Waals surface area contributed by atoms with Crippen molar-refractivity contribution in [2.24, 2.45) is 5.92 Å². The number of nitrogens with one attached hydrogen (secondary N) is 1. The second-order valence-corrected chi connectivity index (χ2v) is 14.7. The van der Waals surface area contributed by atoms with Crippen molar-refractivity contribution in [2.75, 3.05) is 13.7 Å². The highest BCUT2D eigenvalue weighted by Crippen LogP contribution is 2.36. The van der Waals surface area contributed by atoms with Crippen LogP contribution in [0.5, 0.6) is 0 Å². The molecule has 1 aromatic carbocycles. The third-order valence-corrected chi connectivity index (χ3v) is 10.9. The predicted molar refractivity (Wildman–Crippen MR) is 130 cm³/mol. The van der Waals surface area contributed by atoms with E-state index < -0.39 is 8.32 Å². The Labute approximate surface area is 191 Å². The van der Waals surface area contributed by atoms with E-state index in [0.29, 0.717) is 6.61 Å². The number of esters is 1. The number of hydrogen-bond donors (Lipinski definition) is 1. The topological polar surface area (TPSA) is 56.8 Å². The van der Waals surface area contributed by atoms with Crippen LogP contribution in [-0.4, -0.2) is 34.0 Å². The molecule has 178 valence electrons. The SMILES string of the molecule is CCCCC(C(=O)OC)C(CCCCO[Si](C)(C)C(C)(C)C)NOCc1ccccc1. The van der Waals surface area contributed by atoms with Gasteiger partial charge in [0.2, 0.25) is 0 Å². The van der Waals surface area contributed by atoms with Crippen molar-refractivity contribution < 1.29 is 18.8 Å². The molecular weight excluding hydrogens is 406 g/mol. The average Bonchev–Trinajstić information content (AvgIpc) is 2.72. The molecule has 2 atom stereocenters. The van der Waals surface area contributed by atoms with Crippen molar-refractivity contribution >= 4 is 14.3 Å². The molecule has 6 heteroatoms. The Morgan fingerprint density at radius 1 is 1.06 bits per heavy atom. The van der Waals surface area contributed by atoms with E-state index in [4.69, 9.17) is 14.0 Å². The summed E-state index contributed by atoms with van der Waals surface area (Å²) in [6.07, 6.45) is 5.64. The van der Waals surface area contributed by atoms with E-state index in [0.717, 1.165) is 50.7 Å². The van der Waals surface area contributed by atoms with Gasteiger partial charge in [-0.25, -0.2) is 0 Å². The van der Waals surface area contributed by atoms with Crippen LogP contribution in [-0.2, 0) is 25.4 Å². The molecule has 0 aliphatic carbocycles. The fourth-order valence-electron chi connectivity index (χ4n) is 3.22. The van der Waals surface area contributed by atoms with E-state index >= 15 is 0 Å². The fraction of sp³-hybridized carbons (Fsp3) is 0.720. The van der Waals surface area contributed by atoms with Crippen LogP contribution in [0.25, 0.3) is 0 Å². The van der Waals surface area contributed by atoms with Crippen molar-refractivity contribution in [1.82, 2.24) is 5.48 Å². The van der Waals surface area contributed by atoms with E-state index in [1.165, 1.54) is 7.11 Å². The zero-order valence-corrected chi connectivity index (χ0v) is 21.8. The van der Waals surface area contributed by atoms with Crippen molar-refractivity contribution in [3.8, 4) is 0 Å². The van der Waals surface area contributed by atoms with Gasteiger partial charge in [0.05, 0.1) is 19.6 Å². The third kappa shape index (κ3) is 10.3. The quantitative estimate of drug-likeness (QED) is 0.148. The summed E-state index contributed by atoms with van der Waals surface area (Å²) in [6.45, 7) is 14.7. The molecule has 0 fully saturated rings. The Hall–Kier alpha value is -1.21. The maximum atomic E-state index is 12.5. The number of rotatable bonds is 15. The molecule has 0 aliphatic heterocycles. The molecule has 0 heterocycles. The van der Waals surface area contributed by atoms with Gasteiger partial charge in [0.1, 0.15) is 0 Å². The van der Waals surface area contributed by atoms with Gasteiger partial charge in [0.25, 0.3) is 0 Å². The molecule has 0 saturated heterocycles. The lowest BCUT2D eigenvalue weighted by Crippen LogP contribution is -2.41. The highest BCUT2D eigenvalue weighted by atomic mass is 28.4. The molecule has 1 N–H and O–H groups in total. The maximum absolute atomic E-state index is 12.5. The zero-order valence-electron chi connectivity index (χ0n) is 20.8. The second kappa shape index (κ2) is 14.0. The molecule has 0 saturated carbocycles. The number of unbranched alkanes of at least 4 members (excludes halogenated alkanes) is 2. The second-order valence-electron chi connectivity index (χ2n) is 9.88. The molecule has 0 aliphatic rings. The molecule has 0 bridgehead atoms. The van der Waals surface area contributed by atoms with Crippen LogP contribution in [0.15, 0.2) is 30.3 Å². The van der Waals surface area contributed by atoms with Crippen LogP contribution in [0.2, 0.25) is 18.1 Å². The van der Waals surface area contributed by atoms with Crippen molar-refractivity contribution in [3.63, 3.8) is 0 Å². The largest absolute Gasteiger partial charge is 0.469 e. The first-order chi connectivity index (χ1) is 14.6. The van der Waals surface area contributed by atoms with Gasteiger partial charge in [-0.05, 0) is 49.4 Å². The molecule has 1 rings (SSSR count). The standard InChI is InChI=1S/C25H45NO4Si/c1-8-9-17-22(24(27)28-5)23(26-29-20-21-15-11-10-12-16-21)18-13-14-19-30-31(6,7)25(2,3)4/h10-12,15-16,22-23,26H,8-9,13-14,17-20H2,1-7H3. The highest BCUT2D eigenvalue weighted by Gasteiger charge is 2.37. The fourth-order valence-corrected chi connectivity index (χ4v) is 4.31. The van der Waals surface area contributed by atoms with E-state index in [1.54, 1.807) is 0 Å². The van der Waals surface area contributed by atoms with Gasteiger partial charge < -0.3 is 9.16 Å². The van der Waals surface area contributed by atoms with Gasteiger partial charge in [-0.3, -0.25) is 9.63 Å². The number of carbonyl (C=O) groups excluding carboxylic acids is 1. The van der Waals surface area contributed by atoms with Crippen LogP contribution in [0.3, 0.4) is 0 Å². The van der Waals surface area contributed by atoms with Gasteiger partial charge in [0, 0.05) is 12.6 Å². The van der Waals surface area contributed by atoms with Gasteiger partial charge in [-0.15, -0.1) is 0 Å². The normalized spacial score (nSPS) is 14.3. The molecule has 0 amide bonds. The smallest absolute Gasteiger partial charge is 0.310 e. The van der Waals surface area contributed by atoms with E-state index in [9.17, 15) is 4.79 Å². The van der Waals surface area contributed by atoms with Crippen LogP contribution >= 0.6 is 0 Å². The summed E-state index contributed by atoms with van der Waals surface area (Å²) in [5, 5.41) is 0.221. The number of hydrogen-bond acceptors (Lipinski definition) is 5. The van der Waals surface area contributed by atoms with Crippen molar-refractivity contribution in [2.45, 2.75) is 97.0 Å². The molecule has 0 spiro atoms. The highest BCUT2D eigenvalue weighted by molar-refractivity contribution is 6.74. The number of hydroxylamine groups is 1. The maximum Gasteiger partial charge on any atom is 0.310 e. The summed E-state index contributed by atoms with van der Waals surface area (Å²) in [6, 6.07) is 9.97. The predicted octanol–water partition coefficient (Wildman–Crippen LogP) is 6.25. The van der Waals surface area contributed by atoms with Crippen LogP contribution < -0.4 is 5.48 Å². The molecule has 2 unspecified atom stereocenters. The Morgan fingerprint density at radius 2 is 1.74 bits per heavy atom. The Balaban J connectivity index is 2.64. The minimum Gasteiger partial charge on any atom is -0.469 e. The molecular formula is C25H45NO4Si. The van der Waals surface area contributed by atoms with Crippen LogP contribution in [0.4, 0.5) is 0 Å². The van der Waals surface area contributed by atoms with E-state index in [2.05, 4.69) is 46.3 Å². The number of carbonyl (C=O) groups is 1. The Kier molecular flexibility index (Phi) is 12.6. The molecule has 0 radical (unpaired) electrons. The minimum atomic E-state index is -1.72. The van der Waals surface area contributed by atoms with E-state index in [-0.39, 0.29) is 23.0 Å². The van der Waals surface area contributed by atoms with Gasteiger partial charge >= 0.3 is 5.97 Å². The van der Waals surface area contributed by atoms with Crippen molar-refractivity contribution in [1.29, 1.82) is 0 Å². The first-order valence-electron chi connectivity index (χ1n) is 11.8. The number of methoxy groups -OCH3 is 1. The van der Waals surface area contributed by atoms with Gasteiger partial charge in [-0.1, -0.05) is 70.9 Å². The summed E-state index contributed by atoms with van der Waals surface area (Å²) in [7, 11) is -0.250. The lowest BCUT2D eigenvalue weighted by atomic mass is 9.91. The molecule has 5 nitrogen and oxygen atoms in total. The lowest BCUT2D eigenvalue weighted by molar-refractivity contribution is -0.149. The summed E-state index contributed by atoms with van der Waals surface area (Å²) < 4.78 is 11.4. The average molecular weight is 452 g/mol. The lowest BCUT2D eigenvalue weighted by Gasteiger charge is -2.36. The summed E-state index contributed by atoms with van der Waals surface area (Å²) in [4.78, 5) is 18.3. The monoisotopic (exact) mass is 451 g/mol. The number of benzene rings is 1. The minimum absolute atomic E-state index is 0.0735. The van der Waals surface area contributed by atoms with Gasteiger partial charge in [0.15, 0.2) is 8.32 Å². The third-order valence-electron chi connectivity index (χ3n) is 6.35. The summed E-state index contributed by atoms with van der Waals surface area (Å²) >= 11 is 0. The first-order valence-corrected chi connectivity index (χ1v) is 14.7. The zero-order chi connectivity index (χ0) is 23.3. The molecule has 31 heavy (non-hydrogen) atoms. The van der Waals surface area contributed by atoms with Crippen LogP contribution in [0, 0.1) is 5.92 Å². The molecule has 0 aromatic heterocycles. The van der Waals surface area contributed by atoms with Gasteiger partial charge in [-0.2, -0.15) is 5.48 Å². The Bertz CT molecular complexity index is 616.